The van der Waals surface area contributed by atoms with Crippen LogP contribution in [0.5, 0.6) is 0 Å². The first-order valence-corrected chi connectivity index (χ1v) is 8.22. The van der Waals surface area contributed by atoms with E-state index in [2.05, 4.69) is 27.0 Å². The molecule has 1 aliphatic carbocycles. The Hall–Kier alpha value is -1.75. The number of carbonyl (C=O) groups is 1. The maximum Gasteiger partial charge on any atom is 0.234 e. The molecule has 1 aromatic carbocycles. The average Bonchev–Trinajstić information content (AvgIpc) is 3.09. The van der Waals surface area contributed by atoms with Crippen molar-refractivity contribution in [2.45, 2.75) is 42.0 Å². The highest BCUT2D eigenvalue weighted by Crippen LogP contribution is 2.37. The number of nitrogens with one attached hydrogen (secondary N) is 1. The van der Waals surface area contributed by atoms with Gasteiger partial charge in [-0.3, -0.25) is 4.79 Å². The molecule has 0 unspecified atom stereocenters. The fraction of sp³-hybridized carbons (Fsp3) is 0.375. The van der Waals surface area contributed by atoms with Gasteiger partial charge in [-0.25, -0.2) is 4.98 Å². The summed E-state index contributed by atoms with van der Waals surface area (Å²) in [4.78, 5) is 17.8. The van der Waals surface area contributed by atoms with Crippen molar-refractivity contribution in [3.63, 3.8) is 0 Å². The molecule has 1 aliphatic heterocycles. The molecule has 108 valence electrons. The third-order valence-electron chi connectivity index (χ3n) is 4.07. The number of nitrogens with zero attached hydrogens (tertiary/aromatic N) is 2. The molecule has 2 heterocycles. The van der Waals surface area contributed by atoms with E-state index < -0.39 is 0 Å². The topological polar surface area (TPSA) is 46.9 Å². The van der Waals surface area contributed by atoms with Crippen molar-refractivity contribution in [2.75, 3.05) is 0 Å². The Morgan fingerprint density at radius 1 is 1.38 bits per heavy atom. The van der Waals surface area contributed by atoms with Crippen LogP contribution in [0.1, 0.15) is 30.1 Å². The van der Waals surface area contributed by atoms with Gasteiger partial charge in [-0.1, -0.05) is 18.2 Å². The molecule has 1 N–H and O–H groups in total. The summed E-state index contributed by atoms with van der Waals surface area (Å²) in [7, 11) is 0. The van der Waals surface area contributed by atoms with E-state index in [0.29, 0.717) is 12.6 Å². The van der Waals surface area contributed by atoms with Crippen molar-refractivity contribution < 1.29 is 4.79 Å². The maximum atomic E-state index is 12.3. The van der Waals surface area contributed by atoms with Crippen molar-refractivity contribution in [3.8, 4) is 0 Å². The van der Waals surface area contributed by atoms with Gasteiger partial charge in [0.2, 0.25) is 5.91 Å². The summed E-state index contributed by atoms with van der Waals surface area (Å²) in [5.74, 6) is 0.125. The summed E-state index contributed by atoms with van der Waals surface area (Å²) in [6.45, 7) is 0.572. The molecule has 0 spiro atoms. The first-order chi connectivity index (χ1) is 10.3. The summed E-state index contributed by atoms with van der Waals surface area (Å²) in [5, 5.41) is 3.06. The lowest BCUT2D eigenvalue weighted by molar-refractivity contribution is -0.120. The molecule has 4 rings (SSSR count). The second-order valence-corrected chi connectivity index (χ2v) is 6.90. The zero-order valence-corrected chi connectivity index (χ0v) is 12.5. The summed E-state index contributed by atoms with van der Waals surface area (Å²) >= 11 is 1.67. The fourth-order valence-corrected chi connectivity index (χ4v) is 3.99. The van der Waals surface area contributed by atoms with Crippen molar-refractivity contribution in [1.29, 1.82) is 0 Å². The van der Waals surface area contributed by atoms with E-state index >= 15 is 0 Å². The van der Waals surface area contributed by atoms with Crippen LogP contribution in [0.2, 0.25) is 0 Å². The average molecular weight is 299 g/mol. The number of fused-ring (bicyclic) bond motifs is 1. The Labute approximate surface area is 128 Å². The second-order valence-electron chi connectivity index (χ2n) is 5.66. The molecule has 1 atom stereocenters. The molecule has 0 radical (unpaired) electrons. The highest BCUT2D eigenvalue weighted by molar-refractivity contribution is 8.01. The van der Waals surface area contributed by atoms with Crippen molar-refractivity contribution >= 4 is 17.7 Å². The van der Waals surface area contributed by atoms with E-state index in [1.807, 2.05) is 24.7 Å². The fourth-order valence-electron chi connectivity index (χ4n) is 2.77. The van der Waals surface area contributed by atoms with Crippen molar-refractivity contribution in [1.82, 2.24) is 14.9 Å². The molecule has 4 nitrogen and oxygen atoms in total. The Morgan fingerprint density at radius 3 is 3.05 bits per heavy atom. The van der Waals surface area contributed by atoms with Crippen LogP contribution in [0.3, 0.4) is 0 Å². The lowest BCUT2D eigenvalue weighted by atomic mass is 10.1. The van der Waals surface area contributed by atoms with Crippen LogP contribution < -0.4 is 5.32 Å². The third kappa shape index (κ3) is 2.58. The molecule has 0 bridgehead atoms. The van der Waals surface area contributed by atoms with Crippen LogP contribution in [0.25, 0.3) is 0 Å². The van der Waals surface area contributed by atoms with Gasteiger partial charge in [0.1, 0.15) is 0 Å². The Balaban J connectivity index is 1.38. The van der Waals surface area contributed by atoms with Gasteiger partial charge in [0.15, 0.2) is 0 Å². The van der Waals surface area contributed by atoms with Gasteiger partial charge in [0, 0.05) is 17.1 Å². The van der Waals surface area contributed by atoms with E-state index in [1.54, 1.807) is 11.8 Å². The number of rotatable bonds is 4. The van der Waals surface area contributed by atoms with E-state index in [-0.39, 0.29) is 11.2 Å². The second kappa shape index (κ2) is 5.22. The summed E-state index contributed by atoms with van der Waals surface area (Å²) in [6, 6.07) is 8.87. The summed E-state index contributed by atoms with van der Waals surface area (Å²) < 4.78 is 2.19. The maximum absolute atomic E-state index is 12.3. The molecular weight excluding hydrogens is 282 g/mol. The molecule has 1 amide bonds. The van der Waals surface area contributed by atoms with Crippen LogP contribution in [-0.2, 0) is 17.8 Å². The monoisotopic (exact) mass is 299 g/mol. The van der Waals surface area contributed by atoms with Crippen LogP contribution >= 0.6 is 11.8 Å². The molecule has 1 saturated carbocycles. The third-order valence-corrected chi connectivity index (χ3v) is 5.39. The number of hydrogen-bond acceptors (Lipinski definition) is 3. The molecule has 2 aliphatic rings. The molecule has 1 aromatic heterocycles. The standard InChI is InChI=1S/C16H17N3OS/c20-16(15-7-11-3-1-2-4-14(11)21-15)18-9-13-8-17-10-19(13)12-5-6-12/h1-4,8,10,12,15H,5-7,9H2,(H,18,20)/t15-/m1/s1. The zero-order valence-electron chi connectivity index (χ0n) is 11.7. The van der Waals surface area contributed by atoms with E-state index in [1.165, 1.54) is 23.3 Å². The molecule has 1 fully saturated rings. The molecule has 2 aromatic rings. The first kappa shape index (κ1) is 13.0. The first-order valence-electron chi connectivity index (χ1n) is 7.34. The van der Waals surface area contributed by atoms with Gasteiger partial charge in [-0.2, -0.15) is 0 Å². The van der Waals surface area contributed by atoms with Crippen LogP contribution in [-0.4, -0.2) is 20.7 Å². The summed E-state index contributed by atoms with van der Waals surface area (Å²) in [6.07, 6.45) is 7.01. The normalized spacial score (nSPS) is 20.3. The number of aromatic nitrogens is 2. The molecule has 5 heteroatoms. The smallest absolute Gasteiger partial charge is 0.234 e. The van der Waals surface area contributed by atoms with Gasteiger partial charge in [0.25, 0.3) is 0 Å². The van der Waals surface area contributed by atoms with Crippen molar-refractivity contribution in [3.05, 3.63) is 48.0 Å². The van der Waals surface area contributed by atoms with E-state index in [0.717, 1.165) is 12.1 Å². The zero-order chi connectivity index (χ0) is 14.2. The Bertz CT molecular complexity index is 653. The number of benzene rings is 1. The number of amides is 1. The summed E-state index contributed by atoms with van der Waals surface area (Å²) in [5.41, 5.74) is 2.39. The largest absolute Gasteiger partial charge is 0.349 e. The number of imidazole rings is 1. The molecule has 0 saturated heterocycles. The molecular formula is C16H17N3OS. The minimum Gasteiger partial charge on any atom is -0.349 e. The SMILES string of the molecule is O=C(NCc1cncn1C1CC1)[C@H]1Cc2ccccc2S1. The van der Waals surface area contributed by atoms with Gasteiger partial charge in [-0.05, 0) is 30.9 Å². The van der Waals surface area contributed by atoms with Gasteiger partial charge in [0.05, 0.1) is 23.8 Å². The van der Waals surface area contributed by atoms with Gasteiger partial charge >= 0.3 is 0 Å². The molecule has 21 heavy (non-hydrogen) atoms. The van der Waals surface area contributed by atoms with Gasteiger partial charge in [-0.15, -0.1) is 11.8 Å². The minimum atomic E-state index is -0.000281. The highest BCUT2D eigenvalue weighted by atomic mass is 32.2. The van der Waals surface area contributed by atoms with Crippen LogP contribution in [0.15, 0.2) is 41.7 Å². The van der Waals surface area contributed by atoms with Crippen molar-refractivity contribution in [2.24, 2.45) is 0 Å². The van der Waals surface area contributed by atoms with Gasteiger partial charge < -0.3 is 9.88 Å². The number of hydrogen-bond donors (Lipinski definition) is 1. The number of thioether (sulfide) groups is 1. The van der Waals surface area contributed by atoms with E-state index in [4.69, 9.17) is 0 Å². The minimum absolute atomic E-state index is 0.000281. The lowest BCUT2D eigenvalue weighted by Crippen LogP contribution is -2.32. The Morgan fingerprint density at radius 2 is 2.24 bits per heavy atom. The lowest BCUT2D eigenvalue weighted by Gasteiger charge is -2.11. The van der Waals surface area contributed by atoms with Crippen LogP contribution in [0, 0.1) is 0 Å². The Kier molecular flexibility index (Phi) is 3.22. The number of carbonyl (C=O) groups excluding carboxylic acids is 1. The predicted molar refractivity (Wildman–Crippen MR) is 82.1 cm³/mol. The van der Waals surface area contributed by atoms with Crippen LogP contribution in [0.4, 0.5) is 0 Å². The predicted octanol–water partition coefficient (Wildman–Crippen LogP) is 2.55. The highest BCUT2D eigenvalue weighted by Gasteiger charge is 2.29. The quantitative estimate of drug-likeness (QED) is 0.944. The van der Waals surface area contributed by atoms with E-state index in [9.17, 15) is 4.79 Å².